The minimum atomic E-state index is -0.287. The molecule has 1 fully saturated rings. The predicted molar refractivity (Wildman–Crippen MR) is 115 cm³/mol. The molecule has 6 nitrogen and oxygen atoms in total. The van der Waals surface area contributed by atoms with Gasteiger partial charge in [-0.05, 0) is 35.9 Å². The molecule has 158 valence electrons. The molecule has 1 aliphatic rings. The second-order valence-corrected chi connectivity index (χ2v) is 7.21. The minimum Gasteiger partial charge on any atom is -0.489 e. The van der Waals surface area contributed by atoms with Gasteiger partial charge in [0.2, 0.25) is 5.91 Å². The van der Waals surface area contributed by atoms with Crippen LogP contribution in [0.1, 0.15) is 17.0 Å². The Morgan fingerprint density at radius 2 is 2.00 bits per heavy atom. The first-order chi connectivity index (χ1) is 14.1. The molecule has 0 unspecified atom stereocenters. The fourth-order valence-corrected chi connectivity index (χ4v) is 3.58. The quantitative estimate of drug-likeness (QED) is 0.628. The highest BCUT2D eigenvalue weighted by Gasteiger charge is 2.34. The predicted octanol–water partition coefficient (Wildman–Crippen LogP) is 3.50. The number of hydrogen-bond acceptors (Lipinski definition) is 4. The number of carbonyl (C=O) groups excluding carboxylic acids is 1. The number of ether oxygens (including phenoxy) is 1. The lowest BCUT2D eigenvalue weighted by molar-refractivity contribution is -0.119. The molecule has 0 saturated carbocycles. The summed E-state index contributed by atoms with van der Waals surface area (Å²) in [6.45, 7) is 1.54. The van der Waals surface area contributed by atoms with E-state index in [9.17, 15) is 9.18 Å². The Hall–Kier alpha value is -2.90. The van der Waals surface area contributed by atoms with E-state index in [2.05, 4.69) is 15.7 Å². The Bertz CT molecular complexity index is 993. The van der Waals surface area contributed by atoms with Crippen molar-refractivity contribution in [2.45, 2.75) is 12.5 Å². The van der Waals surface area contributed by atoms with Crippen molar-refractivity contribution in [3.05, 3.63) is 77.9 Å². The lowest BCUT2D eigenvalue weighted by atomic mass is 9.90. The summed E-state index contributed by atoms with van der Waals surface area (Å²) in [5.41, 5.74) is 2.26. The van der Waals surface area contributed by atoms with Crippen molar-refractivity contribution in [2.75, 3.05) is 18.4 Å². The summed E-state index contributed by atoms with van der Waals surface area (Å²) >= 11 is 0. The van der Waals surface area contributed by atoms with Crippen LogP contribution in [-0.2, 0) is 18.4 Å². The normalized spacial score (nSPS) is 17.9. The maximum atomic E-state index is 13.7. The second kappa shape index (κ2) is 9.73. The van der Waals surface area contributed by atoms with E-state index in [4.69, 9.17) is 4.74 Å². The summed E-state index contributed by atoms with van der Waals surface area (Å²) < 4.78 is 21.1. The standard InChI is InChI=1S/C22H23FN4O2.ClH/c1-27-13-16(10-25-27)19-11-24-12-20(19)22(28)26-17-6-8-18(9-7-17)29-14-15-4-2-3-5-21(15)23;/h2-10,13,19-20,24H,11-12,14H2,1H3,(H,26,28);1H/t19-,20+;/m1./s1. The number of hydrogen-bond donors (Lipinski definition) is 2. The van der Waals surface area contributed by atoms with Gasteiger partial charge in [-0.15, -0.1) is 12.4 Å². The van der Waals surface area contributed by atoms with Crippen molar-refractivity contribution in [1.82, 2.24) is 15.1 Å². The molecule has 0 radical (unpaired) electrons. The number of halogens is 2. The third-order valence-electron chi connectivity index (χ3n) is 5.18. The van der Waals surface area contributed by atoms with Crippen LogP contribution >= 0.6 is 12.4 Å². The van der Waals surface area contributed by atoms with Crippen LogP contribution in [0.15, 0.2) is 60.9 Å². The molecule has 2 N–H and O–H groups in total. The smallest absolute Gasteiger partial charge is 0.229 e. The number of anilines is 1. The highest BCUT2D eigenvalue weighted by molar-refractivity contribution is 5.93. The molecule has 2 aromatic carbocycles. The van der Waals surface area contributed by atoms with Crippen LogP contribution in [0.3, 0.4) is 0 Å². The Kier molecular flexibility index (Phi) is 7.07. The average molecular weight is 431 g/mol. The molecule has 0 spiro atoms. The lowest BCUT2D eigenvalue weighted by Crippen LogP contribution is -2.28. The Balaban J connectivity index is 0.00000256. The molecule has 30 heavy (non-hydrogen) atoms. The Morgan fingerprint density at radius 3 is 2.70 bits per heavy atom. The van der Waals surface area contributed by atoms with Gasteiger partial charge in [-0.3, -0.25) is 9.48 Å². The van der Waals surface area contributed by atoms with Gasteiger partial charge in [0.15, 0.2) is 0 Å². The molecule has 4 rings (SSSR count). The summed E-state index contributed by atoms with van der Waals surface area (Å²) in [6, 6.07) is 13.6. The molecule has 0 bridgehead atoms. The number of nitrogens with zero attached hydrogens (tertiary/aromatic N) is 2. The van der Waals surface area contributed by atoms with Crippen LogP contribution in [-0.4, -0.2) is 28.8 Å². The molecule has 0 aliphatic carbocycles. The van der Waals surface area contributed by atoms with Crippen molar-refractivity contribution in [3.63, 3.8) is 0 Å². The van der Waals surface area contributed by atoms with Crippen LogP contribution in [0.4, 0.5) is 10.1 Å². The van der Waals surface area contributed by atoms with Gasteiger partial charge in [0.05, 0.1) is 12.1 Å². The van der Waals surface area contributed by atoms with Gasteiger partial charge in [-0.1, -0.05) is 18.2 Å². The summed E-state index contributed by atoms with van der Waals surface area (Å²) in [6.07, 6.45) is 3.78. The van der Waals surface area contributed by atoms with Crippen molar-refractivity contribution >= 4 is 24.0 Å². The van der Waals surface area contributed by atoms with Crippen molar-refractivity contribution < 1.29 is 13.9 Å². The van der Waals surface area contributed by atoms with E-state index in [0.29, 0.717) is 23.5 Å². The number of amides is 1. The molecule has 8 heteroatoms. The van der Waals surface area contributed by atoms with Gasteiger partial charge in [0, 0.05) is 43.5 Å². The number of aromatic nitrogens is 2. The van der Waals surface area contributed by atoms with Gasteiger partial charge in [-0.25, -0.2) is 4.39 Å². The van der Waals surface area contributed by atoms with E-state index in [1.807, 2.05) is 19.4 Å². The Morgan fingerprint density at radius 1 is 1.23 bits per heavy atom. The first-order valence-corrected chi connectivity index (χ1v) is 9.56. The number of carbonyl (C=O) groups is 1. The first kappa shape index (κ1) is 21.8. The fourth-order valence-electron chi connectivity index (χ4n) is 3.58. The van der Waals surface area contributed by atoms with Crippen LogP contribution < -0.4 is 15.4 Å². The first-order valence-electron chi connectivity index (χ1n) is 9.56. The molecule has 1 saturated heterocycles. The zero-order valence-corrected chi connectivity index (χ0v) is 17.4. The summed E-state index contributed by atoms with van der Waals surface area (Å²) in [4.78, 5) is 12.8. The van der Waals surface area contributed by atoms with Gasteiger partial charge in [0.25, 0.3) is 0 Å². The van der Waals surface area contributed by atoms with E-state index in [-0.39, 0.29) is 42.6 Å². The maximum absolute atomic E-state index is 13.7. The van der Waals surface area contributed by atoms with Crippen molar-refractivity contribution in [3.8, 4) is 5.75 Å². The zero-order chi connectivity index (χ0) is 20.2. The maximum Gasteiger partial charge on any atom is 0.229 e. The molecule has 3 aromatic rings. The highest BCUT2D eigenvalue weighted by Crippen LogP contribution is 2.29. The van der Waals surface area contributed by atoms with E-state index in [1.165, 1.54) is 6.07 Å². The van der Waals surface area contributed by atoms with Crippen LogP contribution in [0.25, 0.3) is 0 Å². The largest absolute Gasteiger partial charge is 0.489 e. The number of nitrogens with one attached hydrogen (secondary N) is 2. The van der Waals surface area contributed by atoms with Gasteiger partial charge in [0.1, 0.15) is 18.2 Å². The molecule has 1 aromatic heterocycles. The number of rotatable bonds is 6. The van der Waals surface area contributed by atoms with Crippen LogP contribution in [0.2, 0.25) is 0 Å². The molecular formula is C22H24ClFN4O2. The molecule has 1 aliphatic heterocycles. The minimum absolute atomic E-state index is 0. The monoisotopic (exact) mass is 430 g/mol. The SMILES string of the molecule is Cl.Cn1cc([C@H]2CNC[C@@H]2C(=O)Nc2ccc(OCc3ccccc3F)cc2)cn1. The fraction of sp³-hybridized carbons (Fsp3) is 0.273. The molecular weight excluding hydrogens is 407 g/mol. The van der Waals surface area contributed by atoms with Gasteiger partial charge >= 0.3 is 0 Å². The van der Waals surface area contributed by atoms with E-state index < -0.39 is 0 Å². The summed E-state index contributed by atoms with van der Waals surface area (Å²) in [5, 5.41) is 10.5. The number of aryl methyl sites for hydroxylation is 1. The van der Waals surface area contributed by atoms with E-state index >= 15 is 0 Å². The molecule has 2 atom stereocenters. The average Bonchev–Trinajstić information content (AvgIpc) is 3.37. The summed E-state index contributed by atoms with van der Waals surface area (Å²) in [7, 11) is 1.87. The van der Waals surface area contributed by atoms with E-state index in [1.54, 1.807) is 47.1 Å². The lowest BCUT2D eigenvalue weighted by Gasteiger charge is -2.17. The third-order valence-corrected chi connectivity index (χ3v) is 5.18. The summed E-state index contributed by atoms with van der Waals surface area (Å²) in [5.74, 6) is 0.249. The van der Waals surface area contributed by atoms with E-state index in [0.717, 1.165) is 12.1 Å². The van der Waals surface area contributed by atoms with Gasteiger partial charge < -0.3 is 15.4 Å². The van der Waals surface area contributed by atoms with Crippen molar-refractivity contribution in [1.29, 1.82) is 0 Å². The third kappa shape index (κ3) is 4.98. The number of benzene rings is 2. The highest BCUT2D eigenvalue weighted by atomic mass is 35.5. The molecule has 2 heterocycles. The topological polar surface area (TPSA) is 68.2 Å². The van der Waals surface area contributed by atoms with Crippen LogP contribution in [0, 0.1) is 11.7 Å². The molecule has 1 amide bonds. The van der Waals surface area contributed by atoms with Crippen molar-refractivity contribution in [2.24, 2.45) is 13.0 Å². The zero-order valence-electron chi connectivity index (χ0n) is 16.5. The second-order valence-electron chi connectivity index (χ2n) is 7.21. The Labute approximate surface area is 180 Å². The van der Waals surface area contributed by atoms with Crippen LogP contribution in [0.5, 0.6) is 5.75 Å². The van der Waals surface area contributed by atoms with Gasteiger partial charge in [-0.2, -0.15) is 5.10 Å².